The maximum atomic E-state index is 13.8. The van der Waals surface area contributed by atoms with Gasteiger partial charge in [-0.15, -0.1) is 0 Å². The molecule has 0 bridgehead atoms. The molecule has 0 spiro atoms. The van der Waals surface area contributed by atoms with E-state index in [-0.39, 0.29) is 30.8 Å². The fourth-order valence-electron chi connectivity index (χ4n) is 4.24. The minimum Gasteiger partial charge on any atom is -0.493 e. The van der Waals surface area contributed by atoms with Crippen molar-refractivity contribution in [2.45, 2.75) is 58.2 Å². The SMILES string of the molecule is CC[C@@H](C)NC(=O)[C@@H](Cc1ccccc1)N(Cc1ccccc1Cl)C(=O)CCc1ccc(OC)c(OC)c1. The van der Waals surface area contributed by atoms with E-state index in [0.717, 1.165) is 23.1 Å². The summed E-state index contributed by atoms with van der Waals surface area (Å²) in [7, 11) is 3.17. The van der Waals surface area contributed by atoms with Gasteiger partial charge >= 0.3 is 0 Å². The summed E-state index contributed by atoms with van der Waals surface area (Å²) < 4.78 is 10.7. The summed E-state index contributed by atoms with van der Waals surface area (Å²) in [6, 6.07) is 22.1. The first-order chi connectivity index (χ1) is 18.4. The Bertz CT molecular complexity index is 1200. The molecular formula is C31H37ClN2O4. The molecule has 1 N–H and O–H groups in total. The lowest BCUT2D eigenvalue weighted by Crippen LogP contribution is -2.52. The normalized spacial score (nSPS) is 12.3. The number of aryl methyl sites for hydroxylation is 1. The molecule has 0 aliphatic heterocycles. The Balaban J connectivity index is 1.92. The zero-order chi connectivity index (χ0) is 27.5. The van der Waals surface area contributed by atoms with Gasteiger partial charge in [0.15, 0.2) is 11.5 Å². The van der Waals surface area contributed by atoms with Crippen LogP contribution in [0.15, 0.2) is 72.8 Å². The zero-order valence-electron chi connectivity index (χ0n) is 22.6. The van der Waals surface area contributed by atoms with Crippen LogP contribution in [0.25, 0.3) is 0 Å². The van der Waals surface area contributed by atoms with Crippen LogP contribution in [-0.4, -0.2) is 43.0 Å². The number of nitrogens with one attached hydrogen (secondary N) is 1. The predicted molar refractivity (Wildman–Crippen MR) is 152 cm³/mol. The van der Waals surface area contributed by atoms with Crippen LogP contribution in [0.3, 0.4) is 0 Å². The fraction of sp³-hybridized carbons (Fsp3) is 0.355. The molecule has 3 aromatic rings. The number of carbonyl (C=O) groups excluding carboxylic acids is 2. The molecule has 0 unspecified atom stereocenters. The minimum absolute atomic E-state index is 0.00944. The number of halogens is 1. The van der Waals surface area contributed by atoms with Gasteiger partial charge in [0.05, 0.1) is 14.2 Å². The van der Waals surface area contributed by atoms with Crippen molar-refractivity contribution >= 4 is 23.4 Å². The van der Waals surface area contributed by atoms with E-state index in [2.05, 4.69) is 5.32 Å². The second-order valence-corrected chi connectivity index (χ2v) is 9.73. The molecule has 0 saturated carbocycles. The van der Waals surface area contributed by atoms with E-state index in [9.17, 15) is 9.59 Å². The third-order valence-corrected chi connectivity index (χ3v) is 7.01. The highest BCUT2D eigenvalue weighted by atomic mass is 35.5. The van der Waals surface area contributed by atoms with Crippen molar-refractivity contribution in [3.05, 3.63) is 94.5 Å². The van der Waals surface area contributed by atoms with E-state index < -0.39 is 6.04 Å². The molecule has 0 radical (unpaired) electrons. The van der Waals surface area contributed by atoms with Crippen LogP contribution in [0, 0.1) is 0 Å². The second-order valence-electron chi connectivity index (χ2n) is 9.33. The molecule has 3 rings (SSSR count). The van der Waals surface area contributed by atoms with Crippen molar-refractivity contribution < 1.29 is 19.1 Å². The van der Waals surface area contributed by atoms with Crippen molar-refractivity contribution in [2.24, 2.45) is 0 Å². The lowest BCUT2D eigenvalue weighted by Gasteiger charge is -2.32. The zero-order valence-corrected chi connectivity index (χ0v) is 23.3. The molecule has 0 aromatic heterocycles. The van der Waals surface area contributed by atoms with Crippen molar-refractivity contribution in [3.8, 4) is 11.5 Å². The van der Waals surface area contributed by atoms with Gasteiger partial charge in [0.1, 0.15) is 6.04 Å². The van der Waals surface area contributed by atoms with Crippen LogP contribution in [0.4, 0.5) is 0 Å². The van der Waals surface area contributed by atoms with Gasteiger partial charge in [0.2, 0.25) is 11.8 Å². The average Bonchev–Trinajstić information content (AvgIpc) is 2.94. The summed E-state index contributed by atoms with van der Waals surface area (Å²) in [6.45, 7) is 4.22. The minimum atomic E-state index is -0.694. The van der Waals surface area contributed by atoms with E-state index in [1.54, 1.807) is 25.2 Å². The third-order valence-electron chi connectivity index (χ3n) is 6.65. The highest BCUT2D eigenvalue weighted by Crippen LogP contribution is 2.28. The first-order valence-electron chi connectivity index (χ1n) is 12.9. The molecule has 3 aromatic carbocycles. The highest BCUT2D eigenvalue weighted by Gasteiger charge is 2.31. The standard InChI is InChI=1S/C31H37ClN2O4/c1-5-22(2)33-31(36)27(19-23-11-7-6-8-12-23)34(21-25-13-9-10-14-26(25)32)30(35)18-16-24-15-17-28(37-3)29(20-24)38-4/h6-15,17,20,22,27H,5,16,18-19,21H2,1-4H3,(H,33,36)/t22-,27-/m1/s1. The molecule has 2 atom stereocenters. The van der Waals surface area contributed by atoms with Crippen molar-refractivity contribution in [1.29, 1.82) is 0 Å². The number of hydrogen-bond acceptors (Lipinski definition) is 4. The van der Waals surface area contributed by atoms with Crippen LogP contribution in [-0.2, 0) is 29.0 Å². The van der Waals surface area contributed by atoms with Crippen LogP contribution in [0.1, 0.15) is 43.4 Å². The Kier molecular flexibility index (Phi) is 11.0. The van der Waals surface area contributed by atoms with Crippen LogP contribution >= 0.6 is 11.6 Å². The van der Waals surface area contributed by atoms with Gasteiger partial charge in [-0.3, -0.25) is 9.59 Å². The van der Waals surface area contributed by atoms with E-state index >= 15 is 0 Å². The van der Waals surface area contributed by atoms with Gasteiger partial charge < -0.3 is 19.7 Å². The lowest BCUT2D eigenvalue weighted by atomic mass is 10.0. The maximum absolute atomic E-state index is 13.8. The van der Waals surface area contributed by atoms with E-state index in [4.69, 9.17) is 21.1 Å². The van der Waals surface area contributed by atoms with Crippen LogP contribution in [0.5, 0.6) is 11.5 Å². The van der Waals surface area contributed by atoms with Gasteiger partial charge in [-0.05, 0) is 54.7 Å². The molecule has 38 heavy (non-hydrogen) atoms. The molecule has 6 nitrogen and oxygen atoms in total. The Labute approximate surface area is 230 Å². The third kappa shape index (κ3) is 7.99. The quantitative estimate of drug-likeness (QED) is 0.298. The number of methoxy groups -OCH3 is 2. The highest BCUT2D eigenvalue weighted by molar-refractivity contribution is 6.31. The molecule has 0 fully saturated rings. The number of carbonyl (C=O) groups is 2. The number of hydrogen-bond donors (Lipinski definition) is 1. The van der Waals surface area contributed by atoms with Crippen molar-refractivity contribution in [3.63, 3.8) is 0 Å². The summed E-state index contributed by atoms with van der Waals surface area (Å²) in [5.74, 6) is 0.947. The average molecular weight is 537 g/mol. The van der Waals surface area contributed by atoms with Gasteiger partial charge in [0, 0.05) is 30.5 Å². The monoisotopic (exact) mass is 536 g/mol. The Morgan fingerprint density at radius 1 is 0.921 bits per heavy atom. The maximum Gasteiger partial charge on any atom is 0.243 e. The Morgan fingerprint density at radius 3 is 2.26 bits per heavy atom. The van der Waals surface area contributed by atoms with Gasteiger partial charge in [0.25, 0.3) is 0 Å². The van der Waals surface area contributed by atoms with Crippen LogP contribution in [0.2, 0.25) is 5.02 Å². The van der Waals surface area contributed by atoms with Crippen molar-refractivity contribution in [2.75, 3.05) is 14.2 Å². The number of rotatable bonds is 13. The summed E-state index contributed by atoms with van der Waals surface area (Å²) >= 11 is 6.49. The lowest BCUT2D eigenvalue weighted by molar-refractivity contribution is -0.141. The topological polar surface area (TPSA) is 67.9 Å². The van der Waals surface area contributed by atoms with E-state index in [0.29, 0.717) is 29.4 Å². The summed E-state index contributed by atoms with van der Waals surface area (Å²) in [5, 5.41) is 3.65. The van der Waals surface area contributed by atoms with E-state index in [1.807, 2.05) is 80.6 Å². The molecule has 2 amide bonds. The molecule has 202 valence electrons. The van der Waals surface area contributed by atoms with Gasteiger partial charge in [-0.25, -0.2) is 0 Å². The molecule has 0 aliphatic carbocycles. The fourth-order valence-corrected chi connectivity index (χ4v) is 4.43. The first kappa shape index (κ1) is 29.1. The first-order valence-corrected chi connectivity index (χ1v) is 13.3. The summed E-state index contributed by atoms with van der Waals surface area (Å²) in [4.78, 5) is 29.1. The number of amides is 2. The number of ether oxygens (including phenoxy) is 2. The number of benzene rings is 3. The number of nitrogens with zero attached hydrogens (tertiary/aromatic N) is 1. The van der Waals surface area contributed by atoms with Crippen LogP contribution < -0.4 is 14.8 Å². The van der Waals surface area contributed by atoms with E-state index in [1.165, 1.54) is 0 Å². The van der Waals surface area contributed by atoms with Crippen molar-refractivity contribution in [1.82, 2.24) is 10.2 Å². The molecular weight excluding hydrogens is 500 g/mol. The molecule has 7 heteroatoms. The summed E-state index contributed by atoms with van der Waals surface area (Å²) in [6.07, 6.45) is 1.91. The Hall–Kier alpha value is -3.51. The second kappa shape index (κ2) is 14.4. The predicted octanol–water partition coefficient (Wildman–Crippen LogP) is 5.84. The van der Waals surface area contributed by atoms with Gasteiger partial charge in [-0.1, -0.05) is 73.1 Å². The van der Waals surface area contributed by atoms with Gasteiger partial charge in [-0.2, -0.15) is 0 Å². The molecule has 0 aliphatic rings. The Morgan fingerprint density at radius 2 is 1.61 bits per heavy atom. The molecule has 0 saturated heterocycles. The molecule has 0 heterocycles. The smallest absolute Gasteiger partial charge is 0.243 e. The summed E-state index contributed by atoms with van der Waals surface area (Å²) in [5.41, 5.74) is 2.72. The largest absolute Gasteiger partial charge is 0.493 e.